The molecule has 1 aliphatic heterocycles. The zero-order valence-corrected chi connectivity index (χ0v) is 16.6. The molecule has 0 aliphatic carbocycles. The summed E-state index contributed by atoms with van der Waals surface area (Å²) in [5.41, 5.74) is 2.65. The molecule has 0 fully saturated rings. The summed E-state index contributed by atoms with van der Waals surface area (Å²) in [5.74, 6) is 0.00336. The molecule has 1 aromatic rings. The molecule has 27 heavy (non-hydrogen) atoms. The predicted molar refractivity (Wildman–Crippen MR) is 105 cm³/mol. The summed E-state index contributed by atoms with van der Waals surface area (Å²) in [7, 11) is -2.04. The van der Waals surface area contributed by atoms with Crippen molar-refractivity contribution in [2.24, 2.45) is 0 Å². The van der Waals surface area contributed by atoms with Gasteiger partial charge in [0.1, 0.15) is 11.0 Å². The molecule has 1 aliphatic rings. The van der Waals surface area contributed by atoms with E-state index in [4.69, 9.17) is 4.74 Å². The van der Waals surface area contributed by atoms with Crippen LogP contribution in [0.3, 0.4) is 0 Å². The van der Waals surface area contributed by atoms with Crippen LogP contribution >= 0.6 is 0 Å². The lowest BCUT2D eigenvalue weighted by molar-refractivity contribution is 0.182. The van der Waals surface area contributed by atoms with E-state index in [0.29, 0.717) is 29.6 Å². The second-order valence-electron chi connectivity index (χ2n) is 6.74. The van der Waals surface area contributed by atoms with E-state index in [2.05, 4.69) is 0 Å². The number of para-hydroxylation sites is 1. The average Bonchev–Trinajstić information content (AvgIpc) is 2.89. The zero-order valence-electron chi connectivity index (χ0n) is 15.8. The molecule has 3 N–H and O–H groups in total. The molecule has 0 radical (unpaired) electrons. The Hall–Kier alpha value is -1.67. The van der Waals surface area contributed by atoms with Crippen LogP contribution in [0.25, 0.3) is 6.08 Å². The van der Waals surface area contributed by atoms with Gasteiger partial charge in [-0.25, -0.2) is 8.42 Å². The van der Waals surface area contributed by atoms with Crippen LogP contribution in [0.2, 0.25) is 0 Å². The van der Waals surface area contributed by atoms with Crippen LogP contribution in [0, 0.1) is 0 Å². The minimum absolute atomic E-state index is 0.122. The Bertz CT molecular complexity index is 810. The van der Waals surface area contributed by atoms with E-state index < -0.39 is 27.8 Å². The molecule has 2 atom stereocenters. The summed E-state index contributed by atoms with van der Waals surface area (Å²) >= 11 is 0. The first-order valence-electron chi connectivity index (χ1n) is 9.02. The lowest BCUT2D eigenvalue weighted by atomic mass is 9.94. The molecule has 0 amide bonds. The molecule has 0 spiro atoms. The Morgan fingerprint density at radius 3 is 2.67 bits per heavy atom. The molecule has 0 aromatic heterocycles. The van der Waals surface area contributed by atoms with Gasteiger partial charge in [0.2, 0.25) is 0 Å². The van der Waals surface area contributed by atoms with E-state index in [1.165, 1.54) is 7.11 Å². The van der Waals surface area contributed by atoms with E-state index in [-0.39, 0.29) is 18.1 Å². The Morgan fingerprint density at radius 2 is 2.07 bits per heavy atom. The molecule has 0 bridgehead atoms. The largest absolute Gasteiger partial charge is 0.507 e. The second kappa shape index (κ2) is 9.50. The van der Waals surface area contributed by atoms with E-state index in [1.807, 2.05) is 25.1 Å². The molecule has 0 unspecified atom stereocenters. The molecular formula is C20H28O6S. The number of aliphatic hydroxyl groups excluding tert-OH is 2. The second-order valence-corrected chi connectivity index (χ2v) is 8.92. The van der Waals surface area contributed by atoms with Gasteiger partial charge in [0, 0.05) is 12.7 Å². The van der Waals surface area contributed by atoms with Crippen molar-refractivity contribution in [1.29, 1.82) is 0 Å². The molecule has 150 valence electrons. The number of hydrogen-bond acceptors (Lipinski definition) is 6. The number of phenolic OH excluding ortho intramolecular Hbond substituents is 1. The summed E-state index contributed by atoms with van der Waals surface area (Å²) in [6.07, 6.45) is 2.55. The SMILES string of the molecule is CC/C(=C\c1ccccc1O)CC[C@@H](O)C1=C(COC)CS(=O)(=O)[C@H]1CO. The molecule has 7 heteroatoms. The number of phenols is 1. The number of sulfone groups is 1. The lowest BCUT2D eigenvalue weighted by Gasteiger charge is -2.19. The van der Waals surface area contributed by atoms with Crippen LogP contribution in [-0.4, -0.2) is 61.2 Å². The maximum absolute atomic E-state index is 12.3. The number of hydrogen-bond donors (Lipinski definition) is 3. The summed E-state index contributed by atoms with van der Waals surface area (Å²) in [5, 5.41) is 29.1. The van der Waals surface area contributed by atoms with Gasteiger partial charge < -0.3 is 20.1 Å². The van der Waals surface area contributed by atoms with Crippen molar-refractivity contribution in [2.45, 2.75) is 37.5 Å². The van der Waals surface area contributed by atoms with E-state index in [0.717, 1.165) is 12.0 Å². The van der Waals surface area contributed by atoms with E-state index in [9.17, 15) is 23.7 Å². The van der Waals surface area contributed by atoms with Gasteiger partial charge in [0.05, 0.1) is 25.1 Å². The number of methoxy groups -OCH3 is 1. The Labute approximate surface area is 160 Å². The van der Waals surface area contributed by atoms with Crippen LogP contribution in [0.5, 0.6) is 5.75 Å². The smallest absolute Gasteiger partial charge is 0.163 e. The van der Waals surface area contributed by atoms with Crippen molar-refractivity contribution in [3.8, 4) is 5.75 Å². The van der Waals surface area contributed by atoms with Crippen molar-refractivity contribution in [2.75, 3.05) is 26.1 Å². The first kappa shape index (κ1) is 21.6. The number of rotatable bonds is 9. The number of aromatic hydroxyl groups is 1. The van der Waals surface area contributed by atoms with Crippen molar-refractivity contribution in [3.63, 3.8) is 0 Å². The van der Waals surface area contributed by atoms with Crippen LogP contribution in [0.1, 0.15) is 31.7 Å². The fourth-order valence-electron chi connectivity index (χ4n) is 3.47. The van der Waals surface area contributed by atoms with Crippen LogP contribution in [-0.2, 0) is 14.6 Å². The van der Waals surface area contributed by atoms with Crippen molar-refractivity contribution in [1.82, 2.24) is 0 Å². The van der Waals surface area contributed by atoms with Gasteiger partial charge in [0.25, 0.3) is 0 Å². The highest BCUT2D eigenvalue weighted by atomic mass is 32.2. The van der Waals surface area contributed by atoms with E-state index in [1.54, 1.807) is 12.1 Å². The molecule has 6 nitrogen and oxygen atoms in total. The minimum atomic E-state index is -3.51. The molecule has 1 aromatic carbocycles. The number of aliphatic hydroxyl groups is 2. The summed E-state index contributed by atoms with van der Waals surface area (Å²) in [4.78, 5) is 0. The highest BCUT2D eigenvalue weighted by Gasteiger charge is 2.40. The molecular weight excluding hydrogens is 368 g/mol. The van der Waals surface area contributed by atoms with Gasteiger partial charge in [0.15, 0.2) is 9.84 Å². The van der Waals surface area contributed by atoms with Crippen LogP contribution in [0.15, 0.2) is 41.0 Å². The fraction of sp³-hybridized carbons (Fsp3) is 0.500. The highest BCUT2D eigenvalue weighted by molar-refractivity contribution is 7.92. The topological polar surface area (TPSA) is 104 Å². The highest BCUT2D eigenvalue weighted by Crippen LogP contribution is 2.32. The standard InChI is InChI=1S/C20H28O6S/c1-3-14(10-15-6-4-5-7-17(15)22)8-9-18(23)20-16(12-26-2)13-27(24,25)19(20)11-21/h4-7,10,18-19,21-23H,3,8-9,11-13H2,1-2H3/b14-10+/t18-,19+/m1/s1. The summed E-state index contributed by atoms with van der Waals surface area (Å²) in [6, 6.07) is 7.02. The van der Waals surface area contributed by atoms with Gasteiger partial charge in [-0.1, -0.05) is 36.8 Å². The molecule has 0 saturated heterocycles. The van der Waals surface area contributed by atoms with Crippen LogP contribution < -0.4 is 0 Å². The minimum Gasteiger partial charge on any atom is -0.507 e. The zero-order chi connectivity index (χ0) is 20.0. The molecule has 2 rings (SSSR count). The van der Waals surface area contributed by atoms with Gasteiger partial charge >= 0.3 is 0 Å². The van der Waals surface area contributed by atoms with Gasteiger partial charge in [-0.05, 0) is 36.5 Å². The molecule has 1 heterocycles. The third-order valence-electron chi connectivity index (χ3n) is 4.90. The Balaban J connectivity index is 2.18. The first-order valence-corrected chi connectivity index (χ1v) is 10.7. The summed E-state index contributed by atoms with van der Waals surface area (Å²) < 4.78 is 29.6. The average molecular weight is 397 g/mol. The third kappa shape index (κ3) is 5.19. The Kier molecular flexibility index (Phi) is 7.61. The van der Waals surface area contributed by atoms with Crippen molar-refractivity contribution >= 4 is 15.9 Å². The van der Waals surface area contributed by atoms with E-state index >= 15 is 0 Å². The maximum atomic E-state index is 12.3. The third-order valence-corrected chi connectivity index (χ3v) is 6.92. The van der Waals surface area contributed by atoms with Crippen molar-refractivity contribution in [3.05, 3.63) is 46.5 Å². The van der Waals surface area contributed by atoms with Gasteiger partial charge in [-0.15, -0.1) is 0 Å². The first-order chi connectivity index (χ1) is 12.8. The molecule has 0 saturated carbocycles. The van der Waals surface area contributed by atoms with Crippen molar-refractivity contribution < 1.29 is 28.5 Å². The quantitative estimate of drug-likeness (QED) is 0.552. The normalized spacial score (nSPS) is 20.9. The number of ether oxygens (including phenoxy) is 1. The van der Waals surface area contributed by atoms with Gasteiger partial charge in [-0.2, -0.15) is 0 Å². The lowest BCUT2D eigenvalue weighted by Crippen LogP contribution is -2.29. The van der Waals surface area contributed by atoms with Gasteiger partial charge in [-0.3, -0.25) is 0 Å². The number of benzene rings is 1. The Morgan fingerprint density at radius 1 is 1.37 bits per heavy atom. The monoisotopic (exact) mass is 396 g/mol. The number of allylic oxidation sites excluding steroid dienone is 1. The summed E-state index contributed by atoms with van der Waals surface area (Å²) in [6.45, 7) is 1.57. The predicted octanol–water partition coefficient (Wildman–Crippen LogP) is 2.06. The maximum Gasteiger partial charge on any atom is 0.163 e. The fourth-order valence-corrected chi connectivity index (χ4v) is 5.34. The van der Waals surface area contributed by atoms with Crippen LogP contribution in [0.4, 0.5) is 0 Å².